The van der Waals surface area contributed by atoms with Crippen molar-refractivity contribution in [1.82, 2.24) is 16.2 Å². The number of carbonyl (C=O) groups excluding carboxylic acids is 3. The number of anilines is 1. The number of thiocarbonyl (C=S) groups is 1. The van der Waals surface area contributed by atoms with Crippen LogP contribution in [0.3, 0.4) is 0 Å². The van der Waals surface area contributed by atoms with Gasteiger partial charge in [0.05, 0.1) is 0 Å². The Morgan fingerprint density at radius 3 is 2.36 bits per heavy atom. The van der Waals surface area contributed by atoms with Gasteiger partial charge in [0, 0.05) is 24.4 Å². The van der Waals surface area contributed by atoms with Gasteiger partial charge in [-0.1, -0.05) is 6.07 Å². The van der Waals surface area contributed by atoms with Crippen molar-refractivity contribution in [3.8, 4) is 0 Å². The van der Waals surface area contributed by atoms with E-state index in [9.17, 15) is 14.4 Å². The summed E-state index contributed by atoms with van der Waals surface area (Å²) < 4.78 is 0. The van der Waals surface area contributed by atoms with Crippen LogP contribution in [-0.4, -0.2) is 22.8 Å². The number of hydrogen-bond donors (Lipinski definition) is 4. The van der Waals surface area contributed by atoms with Crippen LogP contribution >= 0.6 is 12.2 Å². The van der Waals surface area contributed by atoms with Gasteiger partial charge in [-0.05, 0) is 62.2 Å². The Kier molecular flexibility index (Phi) is 6.46. The molecule has 134 valence electrons. The monoisotopic (exact) mass is 362 g/mol. The van der Waals surface area contributed by atoms with E-state index < -0.39 is 5.91 Å². The third-order valence-corrected chi connectivity index (χ3v) is 4.07. The van der Waals surface area contributed by atoms with E-state index in [4.69, 9.17) is 12.2 Å². The highest BCUT2D eigenvalue weighted by molar-refractivity contribution is 7.80. The molecule has 0 aromatic heterocycles. The minimum atomic E-state index is -0.391. The molecule has 0 unspecified atom stereocenters. The fourth-order valence-corrected chi connectivity index (χ4v) is 2.20. The van der Waals surface area contributed by atoms with E-state index in [0.29, 0.717) is 5.69 Å². The maximum Gasteiger partial charge on any atom is 0.238 e. The average molecular weight is 362 g/mol. The first-order valence-electron chi connectivity index (χ1n) is 8.12. The molecule has 7 nitrogen and oxygen atoms in total. The Balaban J connectivity index is 1.64. The van der Waals surface area contributed by atoms with Crippen molar-refractivity contribution in [2.45, 2.75) is 39.5 Å². The van der Waals surface area contributed by atoms with Gasteiger partial charge >= 0.3 is 0 Å². The molecule has 1 aromatic carbocycles. The largest absolute Gasteiger partial charge is 0.326 e. The summed E-state index contributed by atoms with van der Waals surface area (Å²) in [5.41, 5.74) is 7.74. The normalized spacial score (nSPS) is 12.9. The Hall–Kier alpha value is -2.48. The molecule has 1 fully saturated rings. The average Bonchev–Trinajstić information content (AvgIpc) is 3.39. The van der Waals surface area contributed by atoms with E-state index in [1.165, 1.54) is 0 Å². The Labute approximate surface area is 151 Å². The van der Waals surface area contributed by atoms with Crippen molar-refractivity contribution in [3.05, 3.63) is 29.3 Å². The van der Waals surface area contributed by atoms with Gasteiger partial charge in [0.1, 0.15) is 0 Å². The second kappa shape index (κ2) is 8.57. The van der Waals surface area contributed by atoms with Crippen LogP contribution in [0, 0.1) is 19.8 Å². The van der Waals surface area contributed by atoms with E-state index in [1.54, 1.807) is 0 Å². The third-order valence-electron chi connectivity index (χ3n) is 3.87. The molecule has 8 heteroatoms. The zero-order chi connectivity index (χ0) is 18.4. The Morgan fingerprint density at radius 1 is 1.04 bits per heavy atom. The highest BCUT2D eigenvalue weighted by Crippen LogP contribution is 2.28. The van der Waals surface area contributed by atoms with Crippen molar-refractivity contribution in [1.29, 1.82) is 0 Å². The van der Waals surface area contributed by atoms with Crippen LogP contribution in [0.4, 0.5) is 5.69 Å². The number of rotatable bonds is 5. The molecule has 1 aromatic rings. The smallest absolute Gasteiger partial charge is 0.238 e. The Bertz CT molecular complexity index is 701. The topological polar surface area (TPSA) is 99.3 Å². The number of amides is 3. The van der Waals surface area contributed by atoms with Crippen molar-refractivity contribution >= 4 is 40.7 Å². The van der Waals surface area contributed by atoms with Gasteiger partial charge < -0.3 is 10.6 Å². The highest BCUT2D eigenvalue weighted by Gasteiger charge is 2.30. The first kappa shape index (κ1) is 18.9. The van der Waals surface area contributed by atoms with E-state index >= 15 is 0 Å². The maximum absolute atomic E-state index is 11.9. The molecule has 0 bridgehead atoms. The van der Waals surface area contributed by atoms with Crippen LogP contribution < -0.4 is 21.5 Å². The van der Waals surface area contributed by atoms with E-state index in [-0.39, 0.29) is 35.7 Å². The Morgan fingerprint density at radius 2 is 1.72 bits per heavy atom. The molecule has 0 atom stereocenters. The van der Waals surface area contributed by atoms with E-state index in [2.05, 4.69) is 21.5 Å². The predicted molar refractivity (Wildman–Crippen MR) is 98.5 cm³/mol. The molecule has 3 amide bonds. The number of hydrazine groups is 1. The summed E-state index contributed by atoms with van der Waals surface area (Å²) in [6, 6.07) is 5.64. The number of hydrogen-bond acceptors (Lipinski definition) is 4. The van der Waals surface area contributed by atoms with Crippen LogP contribution in [0.2, 0.25) is 0 Å². The first-order valence-corrected chi connectivity index (χ1v) is 8.53. The summed E-state index contributed by atoms with van der Waals surface area (Å²) in [5, 5.41) is 5.29. The zero-order valence-corrected chi connectivity index (χ0v) is 15.1. The standard InChI is InChI=1S/C17H22N4O3S/c1-10-3-6-13(9-11(10)2)18-14(22)7-8-15(23)20-21-17(25)19-16(24)12-4-5-12/h3,6,9,12H,4-5,7-8H2,1-2H3,(H,18,22)(H,20,23)(H2,19,21,24,25). The molecule has 0 radical (unpaired) electrons. The van der Waals surface area contributed by atoms with Gasteiger partial charge in [0.15, 0.2) is 5.11 Å². The fraction of sp³-hybridized carbons (Fsp3) is 0.412. The summed E-state index contributed by atoms with van der Waals surface area (Å²) in [5.74, 6) is -0.745. The molecule has 1 aliphatic carbocycles. The maximum atomic E-state index is 11.9. The number of benzene rings is 1. The molecule has 4 N–H and O–H groups in total. The molecule has 1 saturated carbocycles. The lowest BCUT2D eigenvalue weighted by atomic mass is 10.1. The van der Waals surface area contributed by atoms with Crippen LogP contribution in [0.1, 0.15) is 36.8 Å². The molecule has 0 heterocycles. The second-order valence-electron chi connectivity index (χ2n) is 6.11. The first-order chi connectivity index (χ1) is 11.8. The van der Waals surface area contributed by atoms with Crippen LogP contribution in [0.5, 0.6) is 0 Å². The lowest BCUT2D eigenvalue weighted by molar-refractivity contribution is -0.124. The summed E-state index contributed by atoms with van der Waals surface area (Å²) >= 11 is 4.90. The minimum Gasteiger partial charge on any atom is -0.326 e. The summed E-state index contributed by atoms with van der Waals surface area (Å²) in [7, 11) is 0. The lowest BCUT2D eigenvalue weighted by Gasteiger charge is -2.11. The second-order valence-corrected chi connectivity index (χ2v) is 6.52. The quantitative estimate of drug-likeness (QED) is 0.469. The fourth-order valence-electron chi connectivity index (χ4n) is 2.05. The van der Waals surface area contributed by atoms with Gasteiger partial charge in [-0.25, -0.2) is 0 Å². The van der Waals surface area contributed by atoms with Gasteiger partial charge in [-0.2, -0.15) is 0 Å². The van der Waals surface area contributed by atoms with Gasteiger partial charge in [-0.3, -0.25) is 25.2 Å². The van der Waals surface area contributed by atoms with Crippen LogP contribution in [0.25, 0.3) is 0 Å². The van der Waals surface area contributed by atoms with Crippen molar-refractivity contribution < 1.29 is 14.4 Å². The van der Waals surface area contributed by atoms with Crippen LogP contribution in [0.15, 0.2) is 18.2 Å². The number of nitrogens with one attached hydrogen (secondary N) is 4. The zero-order valence-electron chi connectivity index (χ0n) is 14.3. The lowest BCUT2D eigenvalue weighted by Crippen LogP contribution is -2.48. The molecular weight excluding hydrogens is 340 g/mol. The van der Waals surface area contributed by atoms with Gasteiger partial charge in [0.2, 0.25) is 17.7 Å². The van der Waals surface area contributed by atoms with Crippen molar-refractivity contribution in [2.75, 3.05) is 5.32 Å². The number of aryl methyl sites for hydroxylation is 2. The van der Waals surface area contributed by atoms with E-state index in [0.717, 1.165) is 24.0 Å². The van der Waals surface area contributed by atoms with Crippen molar-refractivity contribution in [2.24, 2.45) is 5.92 Å². The van der Waals surface area contributed by atoms with Crippen LogP contribution in [-0.2, 0) is 14.4 Å². The molecule has 2 rings (SSSR count). The van der Waals surface area contributed by atoms with Crippen molar-refractivity contribution in [3.63, 3.8) is 0 Å². The highest BCUT2D eigenvalue weighted by atomic mass is 32.1. The molecule has 0 saturated heterocycles. The number of carbonyl (C=O) groups is 3. The molecular formula is C17H22N4O3S. The molecule has 0 spiro atoms. The third kappa shape index (κ3) is 6.50. The molecule has 0 aliphatic heterocycles. The van der Waals surface area contributed by atoms with E-state index in [1.807, 2.05) is 32.0 Å². The SMILES string of the molecule is Cc1ccc(NC(=O)CCC(=O)NNC(=S)NC(=O)C2CC2)cc1C. The molecule has 25 heavy (non-hydrogen) atoms. The van der Waals surface area contributed by atoms with Gasteiger partial charge in [0.25, 0.3) is 0 Å². The minimum absolute atomic E-state index is 0.00284. The predicted octanol–water partition coefficient (Wildman–Crippen LogP) is 1.45. The summed E-state index contributed by atoms with van der Waals surface area (Å²) in [4.78, 5) is 35.1. The summed E-state index contributed by atoms with van der Waals surface area (Å²) in [6.07, 6.45) is 1.79. The van der Waals surface area contributed by atoms with Gasteiger partial charge in [-0.15, -0.1) is 0 Å². The molecule has 1 aliphatic rings. The summed E-state index contributed by atoms with van der Waals surface area (Å²) in [6.45, 7) is 3.96.